The average molecular weight is 459 g/mol. The summed E-state index contributed by atoms with van der Waals surface area (Å²) in [5, 5.41) is 0. The third kappa shape index (κ3) is 8.60. The van der Waals surface area contributed by atoms with E-state index < -0.39 is 40.8 Å². The minimum Gasteiger partial charge on any atom is -0.420 e. The average Bonchev–Trinajstić information content (AvgIpc) is 2.77. The molecule has 0 bridgehead atoms. The minimum absolute atomic E-state index is 0.375. The molecular formula is C25H31F5O2. The Bertz CT molecular complexity index is 797. The Morgan fingerprint density at radius 2 is 1.03 bits per heavy atom. The van der Waals surface area contributed by atoms with E-state index in [1.807, 2.05) is 20.8 Å². The third-order valence-electron chi connectivity index (χ3n) is 4.85. The van der Waals surface area contributed by atoms with Crippen molar-refractivity contribution in [2.45, 2.75) is 78.6 Å². The highest BCUT2D eigenvalue weighted by Crippen LogP contribution is 2.29. The SMILES string of the molecule is C1CCCCCCC1.CC.Cc1ccc(CC(=O)Oc2c(F)c(F)c(F)c(F)c2F)cc1. The molecule has 2 aromatic rings. The number of carbonyl (C=O) groups excluding carboxylic acids is 1. The lowest BCUT2D eigenvalue weighted by Crippen LogP contribution is -2.15. The van der Waals surface area contributed by atoms with E-state index >= 15 is 0 Å². The van der Waals surface area contributed by atoms with Gasteiger partial charge in [-0.15, -0.1) is 0 Å². The van der Waals surface area contributed by atoms with Gasteiger partial charge in [0.15, 0.2) is 0 Å². The number of aryl methyl sites for hydroxylation is 1. The Labute approximate surface area is 186 Å². The molecule has 1 saturated carbocycles. The molecule has 0 aromatic heterocycles. The Balaban J connectivity index is 0.000000427. The molecule has 178 valence electrons. The summed E-state index contributed by atoms with van der Waals surface area (Å²) in [4.78, 5) is 11.6. The molecule has 1 aliphatic carbocycles. The van der Waals surface area contributed by atoms with Crippen molar-refractivity contribution >= 4 is 5.97 Å². The maximum atomic E-state index is 13.4. The van der Waals surface area contributed by atoms with Crippen LogP contribution < -0.4 is 4.74 Å². The molecule has 3 rings (SSSR count). The van der Waals surface area contributed by atoms with Gasteiger partial charge < -0.3 is 4.74 Å². The van der Waals surface area contributed by atoms with Crippen molar-refractivity contribution in [1.29, 1.82) is 0 Å². The summed E-state index contributed by atoms with van der Waals surface area (Å²) in [7, 11) is 0. The minimum atomic E-state index is -2.31. The molecule has 0 heterocycles. The Hall–Kier alpha value is -2.44. The van der Waals surface area contributed by atoms with Crippen molar-refractivity contribution in [3.63, 3.8) is 0 Å². The number of hydrogen-bond donors (Lipinski definition) is 0. The number of hydrogen-bond acceptors (Lipinski definition) is 2. The van der Waals surface area contributed by atoms with Crippen LogP contribution in [0.4, 0.5) is 22.0 Å². The maximum absolute atomic E-state index is 13.4. The first kappa shape index (κ1) is 27.6. The van der Waals surface area contributed by atoms with Crippen LogP contribution in [0.15, 0.2) is 24.3 Å². The van der Waals surface area contributed by atoms with Crippen LogP contribution >= 0.6 is 0 Å². The van der Waals surface area contributed by atoms with Gasteiger partial charge in [0.25, 0.3) is 0 Å². The van der Waals surface area contributed by atoms with Gasteiger partial charge in [-0.2, -0.15) is 8.78 Å². The normalized spacial score (nSPS) is 13.5. The molecule has 0 radical (unpaired) electrons. The van der Waals surface area contributed by atoms with E-state index in [-0.39, 0.29) is 6.42 Å². The van der Waals surface area contributed by atoms with Gasteiger partial charge in [0.2, 0.25) is 34.8 Å². The van der Waals surface area contributed by atoms with E-state index in [0.29, 0.717) is 5.56 Å². The van der Waals surface area contributed by atoms with E-state index in [1.165, 1.54) is 51.4 Å². The van der Waals surface area contributed by atoms with Crippen LogP contribution in [-0.2, 0) is 11.2 Å². The predicted molar refractivity (Wildman–Crippen MR) is 115 cm³/mol. The quantitative estimate of drug-likeness (QED) is 0.153. The van der Waals surface area contributed by atoms with Crippen LogP contribution in [0, 0.1) is 36.0 Å². The van der Waals surface area contributed by atoms with Gasteiger partial charge in [-0.1, -0.05) is 95.0 Å². The molecule has 1 fully saturated rings. The monoisotopic (exact) mass is 458 g/mol. The molecule has 0 saturated heterocycles. The molecule has 0 unspecified atom stereocenters. The Morgan fingerprint density at radius 3 is 1.41 bits per heavy atom. The molecule has 1 aliphatic rings. The van der Waals surface area contributed by atoms with E-state index in [0.717, 1.165) is 5.56 Å². The summed E-state index contributed by atoms with van der Waals surface area (Å²) >= 11 is 0. The third-order valence-corrected chi connectivity index (χ3v) is 4.85. The van der Waals surface area contributed by atoms with Gasteiger partial charge in [0.05, 0.1) is 6.42 Å². The van der Waals surface area contributed by atoms with Gasteiger partial charge >= 0.3 is 5.97 Å². The number of halogens is 5. The van der Waals surface area contributed by atoms with E-state index in [1.54, 1.807) is 24.3 Å². The molecule has 0 N–H and O–H groups in total. The fourth-order valence-corrected chi connectivity index (χ4v) is 3.11. The predicted octanol–water partition coefficient (Wildman–Crippen LogP) is 7.99. The second-order valence-corrected chi connectivity index (χ2v) is 7.36. The topological polar surface area (TPSA) is 26.3 Å². The number of esters is 1. The fraction of sp³-hybridized carbons (Fsp3) is 0.480. The summed E-state index contributed by atoms with van der Waals surface area (Å²) in [6.07, 6.45) is 11.6. The van der Waals surface area contributed by atoms with E-state index in [4.69, 9.17) is 0 Å². The highest BCUT2D eigenvalue weighted by atomic mass is 19.2. The van der Waals surface area contributed by atoms with Crippen LogP contribution in [0.3, 0.4) is 0 Å². The standard InChI is InChI=1S/C15H9F5O2.C8H16.C2H6/c1-7-2-4-8(5-3-7)6-9(21)22-15-13(19)11(17)10(16)12(18)14(15)20;1-2-4-6-8-7-5-3-1;1-2/h2-5H,6H2,1H3;1-8H2;1-2H3. The molecular weight excluding hydrogens is 427 g/mol. The molecule has 7 heteroatoms. The van der Waals surface area contributed by atoms with Gasteiger partial charge in [-0.05, 0) is 12.5 Å². The van der Waals surface area contributed by atoms with Crippen LogP contribution in [-0.4, -0.2) is 5.97 Å². The molecule has 2 nitrogen and oxygen atoms in total. The molecule has 0 atom stereocenters. The largest absolute Gasteiger partial charge is 0.420 e. The second kappa shape index (κ2) is 14.6. The van der Waals surface area contributed by atoms with Crippen molar-refractivity contribution in [2.24, 2.45) is 0 Å². The lowest BCUT2D eigenvalue weighted by atomic mass is 10.0. The van der Waals surface area contributed by atoms with Crippen molar-refractivity contribution in [1.82, 2.24) is 0 Å². The zero-order valence-electron chi connectivity index (χ0n) is 18.9. The van der Waals surface area contributed by atoms with E-state index in [2.05, 4.69) is 4.74 Å². The van der Waals surface area contributed by atoms with Gasteiger partial charge in [0, 0.05) is 0 Å². The lowest BCUT2D eigenvalue weighted by molar-refractivity contribution is -0.134. The van der Waals surface area contributed by atoms with Crippen LogP contribution in [0.25, 0.3) is 0 Å². The summed E-state index contributed by atoms with van der Waals surface area (Å²) < 4.78 is 69.8. The zero-order valence-corrected chi connectivity index (χ0v) is 18.9. The Kier molecular flexibility index (Phi) is 12.6. The first-order chi connectivity index (χ1) is 15.3. The smallest absolute Gasteiger partial charge is 0.315 e. The van der Waals surface area contributed by atoms with Crippen molar-refractivity contribution in [2.75, 3.05) is 0 Å². The first-order valence-corrected chi connectivity index (χ1v) is 11.1. The number of rotatable bonds is 3. The lowest BCUT2D eigenvalue weighted by Gasteiger charge is -2.09. The number of benzene rings is 2. The van der Waals surface area contributed by atoms with E-state index in [9.17, 15) is 26.7 Å². The summed E-state index contributed by atoms with van der Waals surface area (Å²) in [5.74, 6) is -13.8. The molecule has 32 heavy (non-hydrogen) atoms. The molecule has 0 spiro atoms. The van der Waals surface area contributed by atoms with Crippen molar-refractivity contribution in [3.8, 4) is 5.75 Å². The zero-order chi connectivity index (χ0) is 24.1. The van der Waals surface area contributed by atoms with Crippen molar-refractivity contribution < 1.29 is 31.5 Å². The summed E-state index contributed by atoms with van der Waals surface area (Å²) in [6.45, 7) is 5.82. The van der Waals surface area contributed by atoms with Crippen LogP contribution in [0.1, 0.15) is 76.3 Å². The number of carbonyl (C=O) groups is 1. The van der Waals surface area contributed by atoms with Crippen LogP contribution in [0.2, 0.25) is 0 Å². The van der Waals surface area contributed by atoms with Gasteiger partial charge in [-0.3, -0.25) is 4.79 Å². The van der Waals surface area contributed by atoms with Gasteiger partial charge in [-0.25, -0.2) is 13.2 Å². The number of ether oxygens (including phenoxy) is 1. The molecule has 2 aromatic carbocycles. The maximum Gasteiger partial charge on any atom is 0.315 e. The van der Waals surface area contributed by atoms with Crippen LogP contribution in [0.5, 0.6) is 5.75 Å². The molecule has 0 aliphatic heterocycles. The summed E-state index contributed by atoms with van der Waals surface area (Å²) in [6, 6.07) is 6.55. The second-order valence-electron chi connectivity index (χ2n) is 7.36. The fourth-order valence-electron chi connectivity index (χ4n) is 3.11. The molecule has 0 amide bonds. The highest BCUT2D eigenvalue weighted by molar-refractivity contribution is 5.75. The van der Waals surface area contributed by atoms with Gasteiger partial charge in [0.1, 0.15) is 0 Å². The first-order valence-electron chi connectivity index (χ1n) is 11.1. The summed E-state index contributed by atoms with van der Waals surface area (Å²) in [5.41, 5.74) is 1.40. The highest BCUT2D eigenvalue weighted by Gasteiger charge is 2.28. The van der Waals surface area contributed by atoms with Crippen molar-refractivity contribution in [3.05, 3.63) is 64.5 Å². The Morgan fingerprint density at radius 1 is 0.688 bits per heavy atom.